The lowest BCUT2D eigenvalue weighted by molar-refractivity contribution is -0.137. The lowest BCUT2D eigenvalue weighted by Gasteiger charge is -2.40. The average molecular weight is 308 g/mol. The van der Waals surface area contributed by atoms with Crippen molar-refractivity contribution in [3.05, 3.63) is 35.0 Å². The second-order valence-electron chi connectivity index (χ2n) is 6.68. The van der Waals surface area contributed by atoms with Gasteiger partial charge in [-0.05, 0) is 67.4 Å². The van der Waals surface area contributed by atoms with Crippen molar-refractivity contribution < 1.29 is 13.2 Å². The fraction of sp³-hybridized carbons (Fsp3) is 0.529. The van der Waals surface area contributed by atoms with Gasteiger partial charge in [0.05, 0.1) is 5.56 Å². The number of alkyl halides is 3. The van der Waals surface area contributed by atoms with E-state index in [1.54, 1.807) is 6.07 Å². The summed E-state index contributed by atoms with van der Waals surface area (Å²) in [7, 11) is 0. The van der Waals surface area contributed by atoms with Crippen molar-refractivity contribution in [1.29, 1.82) is 0 Å². The van der Waals surface area contributed by atoms with Gasteiger partial charge in [-0.25, -0.2) is 0 Å². The molecule has 22 heavy (non-hydrogen) atoms. The molecule has 2 heterocycles. The van der Waals surface area contributed by atoms with Gasteiger partial charge < -0.3 is 10.3 Å². The number of H-pyrrole nitrogens is 1. The SMILES string of the molecule is C[C@@H]1c2c([nH]c3ccc(C(F)(F)F)cc23)C[C@@H]2CCNC[C@H]21. The number of hydrogen-bond acceptors (Lipinski definition) is 1. The molecule has 0 amide bonds. The molecule has 3 atom stereocenters. The van der Waals surface area contributed by atoms with E-state index in [-0.39, 0.29) is 0 Å². The molecule has 1 aliphatic heterocycles. The topological polar surface area (TPSA) is 27.8 Å². The summed E-state index contributed by atoms with van der Waals surface area (Å²) in [5, 5.41) is 4.18. The monoisotopic (exact) mass is 308 g/mol. The zero-order valence-electron chi connectivity index (χ0n) is 12.4. The summed E-state index contributed by atoms with van der Waals surface area (Å²) < 4.78 is 39.0. The number of piperidine rings is 1. The molecule has 0 unspecified atom stereocenters. The minimum absolute atomic E-state index is 0.291. The number of rotatable bonds is 0. The number of fused-ring (bicyclic) bond motifs is 4. The normalized spacial score (nSPS) is 28.5. The standard InChI is InChI=1S/C17H19F3N2/c1-9-13-8-21-5-4-10(13)6-15-16(9)12-7-11(17(18,19)20)2-3-14(12)22-15/h2-3,7,9-10,13,21-22H,4-6,8H2,1H3/t9-,10-,13-/m0/s1. The van der Waals surface area contributed by atoms with Crippen LogP contribution in [-0.4, -0.2) is 18.1 Å². The molecule has 2 nitrogen and oxygen atoms in total. The number of aromatic nitrogens is 1. The number of halogens is 3. The zero-order valence-corrected chi connectivity index (χ0v) is 12.4. The number of nitrogens with one attached hydrogen (secondary N) is 2. The third-order valence-electron chi connectivity index (χ3n) is 5.49. The highest BCUT2D eigenvalue weighted by molar-refractivity contribution is 5.86. The summed E-state index contributed by atoms with van der Waals surface area (Å²) in [6, 6.07) is 4.06. The van der Waals surface area contributed by atoms with Gasteiger partial charge in [0.1, 0.15) is 0 Å². The Kier molecular flexibility index (Phi) is 3.05. The summed E-state index contributed by atoms with van der Waals surface area (Å²) in [5.41, 5.74) is 2.52. The fourth-order valence-corrected chi connectivity index (χ4v) is 4.38. The second-order valence-corrected chi connectivity index (χ2v) is 6.68. The first kappa shape index (κ1) is 14.1. The summed E-state index contributed by atoms with van der Waals surface area (Å²) in [6.07, 6.45) is -2.18. The van der Waals surface area contributed by atoms with Gasteiger partial charge in [-0.15, -0.1) is 0 Å². The molecule has 4 rings (SSSR count). The van der Waals surface area contributed by atoms with Crippen molar-refractivity contribution in [2.45, 2.75) is 31.9 Å². The van der Waals surface area contributed by atoms with Gasteiger partial charge >= 0.3 is 6.18 Å². The smallest absolute Gasteiger partial charge is 0.358 e. The highest BCUT2D eigenvalue weighted by Gasteiger charge is 2.38. The Bertz CT molecular complexity index is 716. The van der Waals surface area contributed by atoms with E-state index in [0.717, 1.165) is 48.1 Å². The van der Waals surface area contributed by atoms with Crippen LogP contribution in [0.5, 0.6) is 0 Å². The molecular weight excluding hydrogens is 289 g/mol. The van der Waals surface area contributed by atoms with Gasteiger partial charge in [-0.3, -0.25) is 0 Å². The van der Waals surface area contributed by atoms with Crippen molar-refractivity contribution in [3.63, 3.8) is 0 Å². The van der Waals surface area contributed by atoms with Crippen molar-refractivity contribution in [3.8, 4) is 0 Å². The maximum atomic E-state index is 13.0. The van der Waals surface area contributed by atoms with Crippen LogP contribution >= 0.6 is 0 Å². The van der Waals surface area contributed by atoms with Crippen LogP contribution in [0.25, 0.3) is 10.9 Å². The lowest BCUT2D eigenvalue weighted by Crippen LogP contribution is -2.42. The maximum absolute atomic E-state index is 13.0. The first-order valence-electron chi connectivity index (χ1n) is 7.87. The quantitative estimate of drug-likeness (QED) is 0.754. The highest BCUT2D eigenvalue weighted by Crippen LogP contribution is 2.45. The number of benzene rings is 1. The van der Waals surface area contributed by atoms with Crippen LogP contribution in [0.1, 0.15) is 36.1 Å². The van der Waals surface area contributed by atoms with E-state index < -0.39 is 11.7 Å². The number of aromatic amines is 1. The lowest BCUT2D eigenvalue weighted by atomic mass is 9.68. The summed E-state index contributed by atoms with van der Waals surface area (Å²) >= 11 is 0. The molecule has 1 fully saturated rings. The largest absolute Gasteiger partial charge is 0.416 e. The van der Waals surface area contributed by atoms with Gasteiger partial charge in [0.25, 0.3) is 0 Å². The molecule has 0 radical (unpaired) electrons. The van der Waals surface area contributed by atoms with E-state index in [1.807, 2.05) is 0 Å². The molecule has 118 valence electrons. The van der Waals surface area contributed by atoms with E-state index in [0.29, 0.717) is 17.8 Å². The van der Waals surface area contributed by atoms with E-state index in [9.17, 15) is 13.2 Å². The third-order valence-corrected chi connectivity index (χ3v) is 5.49. The van der Waals surface area contributed by atoms with Crippen LogP contribution in [0.15, 0.2) is 18.2 Å². The maximum Gasteiger partial charge on any atom is 0.416 e. The minimum atomic E-state index is -4.29. The molecule has 1 aliphatic carbocycles. The molecule has 1 saturated heterocycles. The van der Waals surface area contributed by atoms with Gasteiger partial charge in [0.15, 0.2) is 0 Å². The van der Waals surface area contributed by atoms with E-state index in [2.05, 4.69) is 17.2 Å². The van der Waals surface area contributed by atoms with Crippen LogP contribution in [0.3, 0.4) is 0 Å². The molecule has 2 N–H and O–H groups in total. The Hall–Kier alpha value is -1.49. The van der Waals surface area contributed by atoms with Crippen LogP contribution in [0.4, 0.5) is 13.2 Å². The second kappa shape index (κ2) is 4.75. The van der Waals surface area contributed by atoms with Crippen LogP contribution < -0.4 is 5.32 Å². The van der Waals surface area contributed by atoms with Crippen molar-refractivity contribution in [2.75, 3.05) is 13.1 Å². The van der Waals surface area contributed by atoms with Crippen molar-refractivity contribution >= 4 is 10.9 Å². The van der Waals surface area contributed by atoms with Gasteiger partial charge in [0.2, 0.25) is 0 Å². The summed E-state index contributed by atoms with van der Waals surface area (Å²) in [4.78, 5) is 3.37. The molecule has 0 saturated carbocycles. The van der Waals surface area contributed by atoms with Crippen molar-refractivity contribution in [1.82, 2.24) is 10.3 Å². The van der Waals surface area contributed by atoms with E-state index in [1.165, 1.54) is 12.1 Å². The molecule has 0 bridgehead atoms. The average Bonchev–Trinajstić information content (AvgIpc) is 2.84. The third kappa shape index (κ3) is 2.06. The molecule has 2 aromatic rings. The molecular formula is C17H19F3N2. The Morgan fingerprint density at radius 1 is 1.23 bits per heavy atom. The molecule has 1 aromatic carbocycles. The zero-order chi connectivity index (χ0) is 15.5. The fourth-order valence-electron chi connectivity index (χ4n) is 4.38. The predicted octanol–water partition coefficient (Wildman–Crippen LogP) is 4.07. The summed E-state index contributed by atoms with van der Waals surface area (Å²) in [6.45, 7) is 4.18. The predicted molar refractivity (Wildman–Crippen MR) is 79.9 cm³/mol. The molecule has 1 aromatic heterocycles. The Morgan fingerprint density at radius 3 is 2.82 bits per heavy atom. The van der Waals surface area contributed by atoms with Crippen molar-refractivity contribution in [2.24, 2.45) is 11.8 Å². The van der Waals surface area contributed by atoms with Gasteiger partial charge in [-0.1, -0.05) is 6.92 Å². The van der Waals surface area contributed by atoms with E-state index in [4.69, 9.17) is 0 Å². The van der Waals surface area contributed by atoms with Gasteiger partial charge in [0, 0.05) is 16.6 Å². The van der Waals surface area contributed by atoms with Gasteiger partial charge in [-0.2, -0.15) is 13.2 Å². The van der Waals surface area contributed by atoms with Crippen LogP contribution in [0.2, 0.25) is 0 Å². The van der Waals surface area contributed by atoms with E-state index >= 15 is 0 Å². The first-order valence-corrected chi connectivity index (χ1v) is 7.87. The van der Waals surface area contributed by atoms with Crippen LogP contribution in [0, 0.1) is 11.8 Å². The molecule has 2 aliphatic rings. The Balaban J connectivity index is 1.86. The molecule has 5 heteroatoms. The summed E-state index contributed by atoms with van der Waals surface area (Å²) in [5.74, 6) is 1.45. The first-order chi connectivity index (χ1) is 10.4. The minimum Gasteiger partial charge on any atom is -0.358 e. The number of hydrogen-bond donors (Lipinski definition) is 2. The highest BCUT2D eigenvalue weighted by atomic mass is 19.4. The Morgan fingerprint density at radius 2 is 2.05 bits per heavy atom. The Labute approximate surface area is 127 Å². The van der Waals surface area contributed by atoms with Crippen LogP contribution in [-0.2, 0) is 12.6 Å². The molecule has 0 spiro atoms.